The Balaban J connectivity index is 1.95. The van der Waals surface area contributed by atoms with Gasteiger partial charge in [0.05, 0.1) is 23.9 Å². The second-order valence-corrected chi connectivity index (χ2v) is 7.48. The van der Waals surface area contributed by atoms with Gasteiger partial charge in [-0.15, -0.1) is 0 Å². The van der Waals surface area contributed by atoms with Crippen LogP contribution in [0.4, 0.5) is 0 Å². The van der Waals surface area contributed by atoms with Crippen molar-refractivity contribution in [3.05, 3.63) is 112 Å². The molecule has 32 heavy (non-hydrogen) atoms. The zero-order valence-corrected chi connectivity index (χ0v) is 18.1. The van der Waals surface area contributed by atoms with Gasteiger partial charge in [0.15, 0.2) is 5.43 Å². The summed E-state index contributed by atoms with van der Waals surface area (Å²) in [6.45, 7) is 3.99. The molecule has 6 nitrogen and oxygen atoms in total. The molecular weight excluding hydrogens is 426 g/mol. The van der Waals surface area contributed by atoms with Crippen molar-refractivity contribution >= 4 is 34.2 Å². The summed E-state index contributed by atoms with van der Waals surface area (Å²) in [7, 11) is 1.49. The topological polar surface area (TPSA) is 73.2 Å². The Hall–Kier alpha value is -3.90. The lowest BCUT2D eigenvalue weighted by molar-refractivity contribution is 0.0950. The first-order valence-electron chi connectivity index (χ1n) is 9.85. The van der Waals surface area contributed by atoms with Gasteiger partial charge in [-0.05, 0) is 42.5 Å². The molecule has 2 heterocycles. The van der Waals surface area contributed by atoms with E-state index < -0.39 is 0 Å². The average Bonchev–Trinajstić information content (AvgIpc) is 2.83. The highest BCUT2D eigenvalue weighted by Gasteiger charge is 2.21. The van der Waals surface area contributed by atoms with Crippen LogP contribution in [0.5, 0.6) is 0 Å². The highest BCUT2D eigenvalue weighted by Crippen LogP contribution is 2.28. The van der Waals surface area contributed by atoms with Crippen LogP contribution in [-0.4, -0.2) is 22.6 Å². The molecule has 0 aliphatic carbocycles. The summed E-state index contributed by atoms with van der Waals surface area (Å²) < 4.78 is 7.33. The van der Waals surface area contributed by atoms with Crippen molar-refractivity contribution in [3.63, 3.8) is 0 Å². The molecule has 0 aliphatic rings. The molecule has 0 saturated heterocycles. The van der Waals surface area contributed by atoms with E-state index in [0.29, 0.717) is 38.5 Å². The van der Waals surface area contributed by atoms with Gasteiger partial charge in [-0.25, -0.2) is 0 Å². The fraction of sp³-hybridized carbons (Fsp3) is 0.0800. The number of para-hydroxylation sites is 1. The molecular formula is C25H20ClN3O3. The molecule has 0 spiro atoms. The number of nitrogens with zero attached hydrogens (tertiary/aromatic N) is 2. The molecule has 4 aromatic rings. The van der Waals surface area contributed by atoms with E-state index in [1.165, 1.54) is 13.3 Å². The quantitative estimate of drug-likeness (QED) is 0.441. The van der Waals surface area contributed by atoms with E-state index in [1.54, 1.807) is 36.5 Å². The number of halogens is 1. The Bertz CT molecular complexity index is 1370. The molecule has 1 N–H and O–H groups in total. The molecule has 0 atom stereocenters. The SMILES string of the molecule is C=C(OC)c1c(CNC(=O)c2cccnc2)c(=O)c2ccc(Cl)cc2n1-c1ccccc1. The number of methoxy groups -OCH3 is 1. The third-order valence-corrected chi connectivity index (χ3v) is 5.34. The van der Waals surface area contributed by atoms with Gasteiger partial charge in [-0.1, -0.05) is 36.4 Å². The van der Waals surface area contributed by atoms with Crippen molar-refractivity contribution in [3.8, 4) is 5.69 Å². The zero-order chi connectivity index (χ0) is 22.7. The molecule has 0 aliphatic heterocycles. The second kappa shape index (κ2) is 9.08. The Morgan fingerprint density at radius 1 is 1.16 bits per heavy atom. The van der Waals surface area contributed by atoms with Crippen molar-refractivity contribution in [1.29, 1.82) is 0 Å². The largest absolute Gasteiger partial charge is 0.495 e. The summed E-state index contributed by atoms with van der Waals surface area (Å²) in [6.07, 6.45) is 3.05. The fourth-order valence-corrected chi connectivity index (χ4v) is 3.74. The van der Waals surface area contributed by atoms with Gasteiger partial charge in [-0.2, -0.15) is 0 Å². The number of benzene rings is 2. The average molecular weight is 446 g/mol. The van der Waals surface area contributed by atoms with Crippen LogP contribution >= 0.6 is 11.6 Å². The van der Waals surface area contributed by atoms with Crippen molar-refractivity contribution in [2.45, 2.75) is 6.54 Å². The summed E-state index contributed by atoms with van der Waals surface area (Å²) >= 11 is 6.27. The monoisotopic (exact) mass is 445 g/mol. The zero-order valence-electron chi connectivity index (χ0n) is 17.3. The maximum atomic E-state index is 13.5. The summed E-state index contributed by atoms with van der Waals surface area (Å²) in [5.74, 6) is -0.0487. The first-order chi connectivity index (χ1) is 15.5. The second-order valence-electron chi connectivity index (χ2n) is 7.04. The first kappa shape index (κ1) is 21.3. The van der Waals surface area contributed by atoms with Crippen molar-refractivity contribution in [1.82, 2.24) is 14.9 Å². The minimum atomic E-state index is -0.339. The fourth-order valence-electron chi connectivity index (χ4n) is 3.57. The Morgan fingerprint density at radius 3 is 2.62 bits per heavy atom. The van der Waals surface area contributed by atoms with Crippen molar-refractivity contribution in [2.24, 2.45) is 0 Å². The minimum Gasteiger partial charge on any atom is -0.495 e. The minimum absolute atomic E-state index is 0.0182. The number of rotatable bonds is 6. The Morgan fingerprint density at radius 2 is 1.94 bits per heavy atom. The molecule has 0 unspecified atom stereocenters. The predicted octanol–water partition coefficient (Wildman–Crippen LogP) is 4.59. The number of pyridine rings is 2. The van der Waals surface area contributed by atoms with Crippen LogP contribution < -0.4 is 10.7 Å². The number of ether oxygens (including phenoxy) is 1. The molecule has 0 fully saturated rings. The van der Waals surface area contributed by atoms with Gasteiger partial charge in [0.1, 0.15) is 5.76 Å². The van der Waals surface area contributed by atoms with E-state index in [1.807, 2.05) is 34.9 Å². The summed E-state index contributed by atoms with van der Waals surface area (Å²) in [4.78, 5) is 30.1. The molecule has 0 radical (unpaired) electrons. The maximum absolute atomic E-state index is 13.5. The van der Waals surface area contributed by atoms with Gasteiger partial charge >= 0.3 is 0 Å². The summed E-state index contributed by atoms with van der Waals surface area (Å²) in [6, 6.07) is 17.9. The van der Waals surface area contributed by atoms with Gasteiger partial charge < -0.3 is 14.6 Å². The highest BCUT2D eigenvalue weighted by molar-refractivity contribution is 6.31. The lowest BCUT2D eigenvalue weighted by Crippen LogP contribution is -2.29. The van der Waals surface area contributed by atoms with E-state index in [0.717, 1.165) is 5.69 Å². The lowest BCUT2D eigenvalue weighted by atomic mass is 10.0. The van der Waals surface area contributed by atoms with Gasteiger partial charge in [-0.3, -0.25) is 14.6 Å². The predicted molar refractivity (Wildman–Crippen MR) is 126 cm³/mol. The number of hydrogen-bond donors (Lipinski definition) is 1. The van der Waals surface area contributed by atoms with Crippen LogP contribution in [0.15, 0.2) is 84.4 Å². The van der Waals surface area contributed by atoms with Crippen LogP contribution in [0, 0.1) is 0 Å². The molecule has 7 heteroatoms. The lowest BCUT2D eigenvalue weighted by Gasteiger charge is -2.22. The molecule has 2 aromatic carbocycles. The Labute approximate surface area is 189 Å². The number of nitrogens with one attached hydrogen (secondary N) is 1. The van der Waals surface area contributed by atoms with Crippen LogP contribution in [0.2, 0.25) is 5.02 Å². The molecule has 0 bridgehead atoms. The first-order valence-corrected chi connectivity index (χ1v) is 10.2. The van der Waals surface area contributed by atoms with Crippen LogP contribution in [0.1, 0.15) is 21.6 Å². The van der Waals surface area contributed by atoms with E-state index in [-0.39, 0.29) is 17.9 Å². The van der Waals surface area contributed by atoms with Gasteiger partial charge in [0, 0.05) is 40.6 Å². The van der Waals surface area contributed by atoms with E-state index >= 15 is 0 Å². The van der Waals surface area contributed by atoms with Gasteiger partial charge in [0.25, 0.3) is 5.91 Å². The summed E-state index contributed by atoms with van der Waals surface area (Å²) in [5, 5.41) is 3.78. The van der Waals surface area contributed by atoms with Crippen molar-refractivity contribution < 1.29 is 9.53 Å². The third kappa shape index (κ3) is 4.00. The molecule has 1 amide bonds. The number of aromatic nitrogens is 2. The highest BCUT2D eigenvalue weighted by atomic mass is 35.5. The van der Waals surface area contributed by atoms with Crippen molar-refractivity contribution in [2.75, 3.05) is 7.11 Å². The molecule has 160 valence electrons. The van der Waals surface area contributed by atoms with Crippen LogP contribution in [0.3, 0.4) is 0 Å². The molecule has 0 saturated carbocycles. The van der Waals surface area contributed by atoms with E-state index in [2.05, 4.69) is 16.9 Å². The van der Waals surface area contributed by atoms with E-state index in [9.17, 15) is 9.59 Å². The number of carbonyl (C=O) groups excluding carboxylic acids is 1. The molecule has 4 rings (SSSR count). The van der Waals surface area contributed by atoms with Crippen LogP contribution in [0.25, 0.3) is 22.3 Å². The molecule has 2 aromatic heterocycles. The standard InChI is InChI=1S/C25H20ClN3O3/c1-16(32-2)23-21(15-28-25(31)17-7-6-12-27-14-17)24(30)20-11-10-18(26)13-22(20)29(23)19-8-4-3-5-9-19/h3-14H,1,15H2,2H3,(H,28,31). The smallest absolute Gasteiger partial charge is 0.253 e. The number of hydrogen-bond acceptors (Lipinski definition) is 4. The van der Waals surface area contributed by atoms with E-state index in [4.69, 9.17) is 16.3 Å². The normalized spacial score (nSPS) is 10.7. The summed E-state index contributed by atoms with van der Waals surface area (Å²) in [5.41, 5.74) is 2.40. The number of carbonyl (C=O) groups is 1. The maximum Gasteiger partial charge on any atom is 0.253 e. The van der Waals surface area contributed by atoms with Crippen LogP contribution in [-0.2, 0) is 11.3 Å². The Kier molecular flexibility index (Phi) is 6.05. The number of amides is 1. The van der Waals surface area contributed by atoms with Gasteiger partial charge in [0.2, 0.25) is 0 Å². The third-order valence-electron chi connectivity index (χ3n) is 5.10. The number of fused-ring (bicyclic) bond motifs is 1.